The maximum absolute atomic E-state index is 11.3. The maximum Gasteiger partial charge on any atom is 0.330 e. The molecule has 1 aromatic rings. The highest BCUT2D eigenvalue weighted by atomic mass is 16.5. The van der Waals surface area contributed by atoms with Crippen LogP contribution in [0.3, 0.4) is 0 Å². The van der Waals surface area contributed by atoms with Gasteiger partial charge in [0.2, 0.25) is 0 Å². The SMILES string of the molecule is O=C(/C=C/CC1CC1)OCc1ccccc1. The summed E-state index contributed by atoms with van der Waals surface area (Å²) in [6.45, 7) is 0.355. The molecule has 84 valence electrons. The standard InChI is InChI=1S/C14H16O2/c15-14(8-4-7-12-9-10-12)16-11-13-5-2-1-3-6-13/h1-6,8,12H,7,9-11H2/b8-4+. The van der Waals surface area contributed by atoms with Crippen LogP contribution in [0.15, 0.2) is 42.5 Å². The van der Waals surface area contributed by atoms with E-state index in [0.29, 0.717) is 6.61 Å². The van der Waals surface area contributed by atoms with Crippen LogP contribution in [0.5, 0.6) is 0 Å². The van der Waals surface area contributed by atoms with E-state index in [-0.39, 0.29) is 5.97 Å². The van der Waals surface area contributed by atoms with Crippen LogP contribution in [-0.4, -0.2) is 5.97 Å². The third-order valence-electron chi connectivity index (χ3n) is 2.64. The van der Waals surface area contributed by atoms with Crippen LogP contribution >= 0.6 is 0 Å². The Morgan fingerprint density at radius 2 is 2.06 bits per heavy atom. The number of carbonyl (C=O) groups is 1. The molecule has 0 atom stereocenters. The largest absolute Gasteiger partial charge is 0.458 e. The smallest absolute Gasteiger partial charge is 0.330 e. The summed E-state index contributed by atoms with van der Waals surface area (Å²) in [4.78, 5) is 11.3. The quantitative estimate of drug-likeness (QED) is 0.558. The molecule has 16 heavy (non-hydrogen) atoms. The number of hydrogen-bond acceptors (Lipinski definition) is 2. The lowest BCUT2D eigenvalue weighted by Gasteiger charge is -2.01. The molecular formula is C14H16O2. The van der Waals surface area contributed by atoms with Gasteiger partial charge in [-0.25, -0.2) is 4.79 Å². The lowest BCUT2D eigenvalue weighted by atomic mass is 10.2. The number of esters is 1. The van der Waals surface area contributed by atoms with Crippen LogP contribution in [0.2, 0.25) is 0 Å². The van der Waals surface area contributed by atoms with Crippen molar-refractivity contribution in [2.45, 2.75) is 25.9 Å². The van der Waals surface area contributed by atoms with Crippen molar-refractivity contribution in [3.63, 3.8) is 0 Å². The van der Waals surface area contributed by atoms with Crippen molar-refractivity contribution in [1.82, 2.24) is 0 Å². The van der Waals surface area contributed by atoms with E-state index in [4.69, 9.17) is 4.74 Å². The zero-order chi connectivity index (χ0) is 11.2. The predicted molar refractivity (Wildman–Crippen MR) is 62.7 cm³/mol. The molecule has 1 aliphatic carbocycles. The van der Waals surface area contributed by atoms with E-state index in [9.17, 15) is 4.79 Å². The molecule has 2 heteroatoms. The Labute approximate surface area is 95.9 Å². The fraction of sp³-hybridized carbons (Fsp3) is 0.357. The zero-order valence-electron chi connectivity index (χ0n) is 9.26. The molecule has 1 aliphatic rings. The molecule has 0 bridgehead atoms. The van der Waals surface area contributed by atoms with Crippen molar-refractivity contribution in [2.24, 2.45) is 5.92 Å². The molecule has 2 rings (SSSR count). The average Bonchev–Trinajstić information content (AvgIpc) is 3.12. The minimum Gasteiger partial charge on any atom is -0.458 e. The van der Waals surface area contributed by atoms with Gasteiger partial charge in [-0.15, -0.1) is 0 Å². The third-order valence-corrected chi connectivity index (χ3v) is 2.64. The Kier molecular flexibility index (Phi) is 3.76. The van der Waals surface area contributed by atoms with E-state index in [1.165, 1.54) is 12.8 Å². The first-order valence-electron chi connectivity index (χ1n) is 5.72. The summed E-state index contributed by atoms with van der Waals surface area (Å²) in [5.41, 5.74) is 1.02. The van der Waals surface area contributed by atoms with Gasteiger partial charge in [0, 0.05) is 6.08 Å². The molecule has 0 radical (unpaired) electrons. The van der Waals surface area contributed by atoms with Crippen molar-refractivity contribution in [3.05, 3.63) is 48.0 Å². The van der Waals surface area contributed by atoms with Gasteiger partial charge >= 0.3 is 5.97 Å². The number of ether oxygens (including phenoxy) is 1. The summed E-state index contributed by atoms with van der Waals surface area (Å²) in [6, 6.07) is 9.71. The van der Waals surface area contributed by atoms with E-state index >= 15 is 0 Å². The van der Waals surface area contributed by atoms with Crippen LogP contribution in [-0.2, 0) is 16.1 Å². The topological polar surface area (TPSA) is 26.3 Å². The first-order valence-corrected chi connectivity index (χ1v) is 5.72. The van der Waals surface area contributed by atoms with Crippen LogP contribution in [0.1, 0.15) is 24.8 Å². The summed E-state index contributed by atoms with van der Waals surface area (Å²) in [5.74, 6) is 0.572. The molecule has 0 saturated heterocycles. The van der Waals surface area contributed by atoms with Gasteiger partial charge < -0.3 is 4.74 Å². The van der Waals surface area contributed by atoms with Gasteiger partial charge in [-0.1, -0.05) is 36.4 Å². The van der Waals surface area contributed by atoms with Gasteiger partial charge in [-0.3, -0.25) is 0 Å². The van der Waals surface area contributed by atoms with Crippen molar-refractivity contribution < 1.29 is 9.53 Å². The first-order chi connectivity index (χ1) is 7.84. The second-order valence-corrected chi connectivity index (χ2v) is 4.17. The van der Waals surface area contributed by atoms with Gasteiger partial charge in [-0.05, 0) is 30.7 Å². The zero-order valence-corrected chi connectivity index (χ0v) is 9.26. The summed E-state index contributed by atoms with van der Waals surface area (Å²) in [7, 11) is 0. The normalized spacial score (nSPS) is 15.2. The summed E-state index contributed by atoms with van der Waals surface area (Å²) >= 11 is 0. The second-order valence-electron chi connectivity index (χ2n) is 4.17. The molecule has 2 nitrogen and oxygen atoms in total. The predicted octanol–water partition coefficient (Wildman–Crippen LogP) is 3.09. The van der Waals surface area contributed by atoms with Gasteiger partial charge in [0.05, 0.1) is 0 Å². The monoisotopic (exact) mass is 216 g/mol. The number of allylic oxidation sites excluding steroid dienone is 1. The minimum atomic E-state index is -0.246. The molecule has 0 aliphatic heterocycles. The third kappa shape index (κ3) is 3.89. The number of benzene rings is 1. The summed E-state index contributed by atoms with van der Waals surface area (Å²) < 4.78 is 5.10. The molecule has 0 spiro atoms. The molecule has 0 N–H and O–H groups in total. The van der Waals surface area contributed by atoms with E-state index in [0.717, 1.165) is 17.9 Å². The Morgan fingerprint density at radius 3 is 2.75 bits per heavy atom. The molecule has 1 aromatic carbocycles. The summed E-state index contributed by atoms with van der Waals surface area (Å²) in [6.07, 6.45) is 7.10. The first kappa shape index (κ1) is 10.9. The highest BCUT2D eigenvalue weighted by Gasteiger charge is 2.18. The molecule has 0 amide bonds. The van der Waals surface area contributed by atoms with Crippen LogP contribution in [0, 0.1) is 5.92 Å². The highest BCUT2D eigenvalue weighted by molar-refractivity contribution is 5.81. The fourth-order valence-electron chi connectivity index (χ4n) is 1.49. The Bertz CT molecular complexity index is 364. The van der Waals surface area contributed by atoms with Gasteiger partial charge in [0.25, 0.3) is 0 Å². The Balaban J connectivity index is 1.68. The van der Waals surface area contributed by atoms with Crippen molar-refractivity contribution in [3.8, 4) is 0 Å². The van der Waals surface area contributed by atoms with E-state index < -0.39 is 0 Å². The molecule has 0 heterocycles. The maximum atomic E-state index is 11.3. The van der Waals surface area contributed by atoms with E-state index in [1.54, 1.807) is 6.08 Å². The molecule has 1 saturated carbocycles. The summed E-state index contributed by atoms with van der Waals surface area (Å²) in [5, 5.41) is 0. The van der Waals surface area contributed by atoms with E-state index in [2.05, 4.69) is 0 Å². The lowest BCUT2D eigenvalue weighted by molar-refractivity contribution is -0.139. The Hall–Kier alpha value is -1.57. The van der Waals surface area contributed by atoms with Crippen LogP contribution in [0.25, 0.3) is 0 Å². The molecule has 0 aromatic heterocycles. The fourth-order valence-corrected chi connectivity index (χ4v) is 1.49. The molecular weight excluding hydrogens is 200 g/mol. The van der Waals surface area contributed by atoms with Crippen LogP contribution in [0.4, 0.5) is 0 Å². The van der Waals surface area contributed by atoms with Crippen molar-refractivity contribution in [2.75, 3.05) is 0 Å². The van der Waals surface area contributed by atoms with Crippen molar-refractivity contribution >= 4 is 5.97 Å². The van der Waals surface area contributed by atoms with Crippen molar-refractivity contribution in [1.29, 1.82) is 0 Å². The second kappa shape index (κ2) is 5.50. The average molecular weight is 216 g/mol. The van der Waals surface area contributed by atoms with Gasteiger partial charge in [0.1, 0.15) is 6.61 Å². The van der Waals surface area contributed by atoms with Crippen LogP contribution < -0.4 is 0 Å². The van der Waals surface area contributed by atoms with Gasteiger partial charge in [-0.2, -0.15) is 0 Å². The number of hydrogen-bond donors (Lipinski definition) is 0. The van der Waals surface area contributed by atoms with Gasteiger partial charge in [0.15, 0.2) is 0 Å². The number of carbonyl (C=O) groups excluding carboxylic acids is 1. The lowest BCUT2D eigenvalue weighted by Crippen LogP contribution is -2.00. The molecule has 1 fully saturated rings. The van der Waals surface area contributed by atoms with E-state index in [1.807, 2.05) is 36.4 Å². The minimum absolute atomic E-state index is 0.246. The molecule has 0 unspecified atom stereocenters. The Morgan fingerprint density at radius 1 is 1.31 bits per heavy atom. The highest BCUT2D eigenvalue weighted by Crippen LogP contribution is 2.32. The number of rotatable bonds is 5.